The minimum atomic E-state index is -2.33. The van der Waals surface area contributed by atoms with Gasteiger partial charge < -0.3 is 14.0 Å². The highest BCUT2D eigenvalue weighted by atomic mass is 32.2. The summed E-state index contributed by atoms with van der Waals surface area (Å²) >= 11 is -0.625. The van der Waals surface area contributed by atoms with Gasteiger partial charge >= 0.3 is 0 Å². The quantitative estimate of drug-likeness (QED) is 0.560. The summed E-state index contributed by atoms with van der Waals surface area (Å²) < 4.78 is 30.1. The summed E-state index contributed by atoms with van der Waals surface area (Å²) in [5.41, 5.74) is 2.69. The van der Waals surface area contributed by atoms with E-state index in [1.807, 2.05) is 30.3 Å². The van der Waals surface area contributed by atoms with Gasteiger partial charge in [0.2, 0.25) is 0 Å². The normalized spacial score (nSPS) is 12.2. The van der Waals surface area contributed by atoms with Crippen molar-refractivity contribution in [2.75, 3.05) is 11.0 Å². The summed E-state index contributed by atoms with van der Waals surface area (Å²) in [5, 5.41) is 0. The van der Waals surface area contributed by atoms with E-state index in [9.17, 15) is 8.76 Å². The lowest BCUT2D eigenvalue weighted by Crippen LogP contribution is -2.04. The predicted molar refractivity (Wildman–Crippen MR) is 101 cm³/mol. The Morgan fingerprint density at radius 1 is 1.25 bits per heavy atom. The van der Waals surface area contributed by atoms with Gasteiger partial charge in [0.15, 0.2) is 0 Å². The molecular formula is C18H22NO3S2-. The van der Waals surface area contributed by atoms with E-state index in [0.29, 0.717) is 11.6 Å². The first-order chi connectivity index (χ1) is 11.4. The van der Waals surface area contributed by atoms with Crippen molar-refractivity contribution in [1.29, 1.82) is 0 Å². The Bertz CT molecular complexity index is 732. The standard InChI is InChI=1S/C18H23NO3S2/c1-12(2)9-14-11-15(19-24(20)21)5-7-17(14)22-16-6-8-18(23-4)13(3)10-16/h5-8,10-12,19H,9H2,1-4H3,(H,20,21)/p-1. The van der Waals surface area contributed by atoms with Crippen molar-refractivity contribution in [2.45, 2.75) is 32.1 Å². The lowest BCUT2D eigenvalue weighted by molar-refractivity contribution is 0.470. The van der Waals surface area contributed by atoms with E-state index in [0.717, 1.165) is 23.5 Å². The van der Waals surface area contributed by atoms with E-state index < -0.39 is 11.3 Å². The van der Waals surface area contributed by atoms with Gasteiger partial charge in [0.05, 0.1) is 0 Å². The van der Waals surface area contributed by atoms with Gasteiger partial charge in [0, 0.05) is 21.8 Å². The molecule has 0 aromatic heterocycles. The topological polar surface area (TPSA) is 61.4 Å². The summed E-state index contributed by atoms with van der Waals surface area (Å²) in [6.07, 6.45) is 2.85. The second-order valence-electron chi connectivity index (χ2n) is 5.99. The number of rotatable bonds is 7. The Labute approximate surface area is 150 Å². The Hall–Kier alpha value is -1.50. The second kappa shape index (κ2) is 8.55. The lowest BCUT2D eigenvalue weighted by Gasteiger charge is -2.16. The van der Waals surface area contributed by atoms with Gasteiger partial charge in [-0.1, -0.05) is 13.8 Å². The maximum atomic E-state index is 10.8. The fourth-order valence-electron chi connectivity index (χ4n) is 2.48. The molecule has 0 bridgehead atoms. The fraction of sp³-hybridized carbons (Fsp3) is 0.333. The molecular weight excluding hydrogens is 342 g/mol. The number of aryl methyl sites for hydroxylation is 1. The molecule has 1 atom stereocenters. The molecule has 4 nitrogen and oxygen atoms in total. The molecule has 0 saturated carbocycles. The molecule has 6 heteroatoms. The van der Waals surface area contributed by atoms with E-state index in [1.165, 1.54) is 10.5 Å². The molecule has 2 aromatic carbocycles. The number of benzene rings is 2. The molecule has 24 heavy (non-hydrogen) atoms. The van der Waals surface area contributed by atoms with Crippen LogP contribution in [0.1, 0.15) is 25.0 Å². The number of ether oxygens (including phenoxy) is 1. The van der Waals surface area contributed by atoms with Crippen LogP contribution >= 0.6 is 11.8 Å². The summed E-state index contributed by atoms with van der Waals surface area (Å²) in [4.78, 5) is 1.22. The van der Waals surface area contributed by atoms with Crippen LogP contribution in [0.15, 0.2) is 41.3 Å². The summed E-state index contributed by atoms with van der Waals surface area (Å²) in [6, 6.07) is 11.4. The molecule has 0 radical (unpaired) electrons. The number of hydrogen-bond acceptors (Lipinski definition) is 4. The van der Waals surface area contributed by atoms with Crippen LogP contribution in [-0.2, 0) is 17.7 Å². The van der Waals surface area contributed by atoms with Gasteiger partial charge in [-0.15, -0.1) is 11.8 Å². The summed E-state index contributed by atoms with van der Waals surface area (Å²) in [5.74, 6) is 1.96. The molecule has 0 fully saturated rings. The van der Waals surface area contributed by atoms with Crippen molar-refractivity contribution in [2.24, 2.45) is 5.92 Å². The van der Waals surface area contributed by atoms with Crippen LogP contribution < -0.4 is 9.46 Å². The maximum Gasteiger partial charge on any atom is 0.130 e. The van der Waals surface area contributed by atoms with E-state index in [-0.39, 0.29) is 0 Å². The highest BCUT2D eigenvalue weighted by molar-refractivity contribution is 7.98. The van der Waals surface area contributed by atoms with E-state index >= 15 is 0 Å². The number of nitrogens with one attached hydrogen (secondary N) is 1. The van der Waals surface area contributed by atoms with Crippen molar-refractivity contribution in [3.63, 3.8) is 0 Å². The molecule has 0 heterocycles. The van der Waals surface area contributed by atoms with Crippen LogP contribution in [0.2, 0.25) is 0 Å². The molecule has 0 aliphatic heterocycles. The van der Waals surface area contributed by atoms with Gasteiger partial charge in [-0.2, -0.15) is 0 Å². The van der Waals surface area contributed by atoms with Crippen molar-refractivity contribution >= 4 is 28.7 Å². The van der Waals surface area contributed by atoms with Crippen LogP contribution in [-0.4, -0.2) is 15.0 Å². The zero-order chi connectivity index (χ0) is 17.7. The minimum absolute atomic E-state index is 0.431. The Balaban J connectivity index is 2.30. The molecule has 2 rings (SSSR count). The van der Waals surface area contributed by atoms with Crippen LogP contribution in [0.4, 0.5) is 5.69 Å². The molecule has 130 valence electrons. The fourth-order valence-corrected chi connectivity index (χ4v) is 3.38. The SMILES string of the molecule is CSc1ccc(Oc2ccc(NS(=O)[O-])cc2CC(C)C)cc1C. The number of anilines is 1. The van der Waals surface area contributed by atoms with E-state index in [2.05, 4.69) is 31.7 Å². The monoisotopic (exact) mass is 364 g/mol. The molecule has 0 aliphatic rings. The molecule has 0 saturated heterocycles. The Morgan fingerprint density at radius 2 is 2.00 bits per heavy atom. The van der Waals surface area contributed by atoms with Crippen molar-refractivity contribution in [1.82, 2.24) is 0 Å². The molecule has 1 unspecified atom stereocenters. The second-order valence-corrected chi connectivity index (χ2v) is 7.51. The highest BCUT2D eigenvalue weighted by Crippen LogP contribution is 2.32. The predicted octanol–water partition coefficient (Wildman–Crippen LogP) is 4.91. The molecule has 2 aromatic rings. The first-order valence-electron chi connectivity index (χ1n) is 7.70. The third kappa shape index (κ3) is 5.26. The van der Waals surface area contributed by atoms with Crippen LogP contribution in [0, 0.1) is 12.8 Å². The average molecular weight is 365 g/mol. The smallest absolute Gasteiger partial charge is 0.130 e. The summed E-state index contributed by atoms with van der Waals surface area (Å²) in [6.45, 7) is 6.30. The maximum absolute atomic E-state index is 10.8. The van der Waals surface area contributed by atoms with Crippen LogP contribution in [0.5, 0.6) is 11.5 Å². The van der Waals surface area contributed by atoms with Crippen molar-refractivity contribution < 1.29 is 13.5 Å². The number of hydrogen-bond donors (Lipinski definition) is 1. The third-order valence-corrected chi connectivity index (χ3v) is 4.78. The zero-order valence-electron chi connectivity index (χ0n) is 14.3. The van der Waals surface area contributed by atoms with Gasteiger partial charge in [-0.3, -0.25) is 4.21 Å². The Kier molecular flexibility index (Phi) is 6.71. The summed E-state index contributed by atoms with van der Waals surface area (Å²) in [7, 11) is 0. The third-order valence-electron chi connectivity index (χ3n) is 3.48. The van der Waals surface area contributed by atoms with Gasteiger partial charge in [0.25, 0.3) is 0 Å². The average Bonchev–Trinajstić information content (AvgIpc) is 2.49. The molecule has 0 aliphatic carbocycles. The van der Waals surface area contributed by atoms with Crippen LogP contribution in [0.25, 0.3) is 0 Å². The number of thioether (sulfide) groups is 1. The van der Waals surface area contributed by atoms with Crippen molar-refractivity contribution in [3.8, 4) is 11.5 Å². The molecule has 1 N–H and O–H groups in total. The minimum Gasteiger partial charge on any atom is -0.755 e. The van der Waals surface area contributed by atoms with Crippen LogP contribution in [0.3, 0.4) is 0 Å². The zero-order valence-corrected chi connectivity index (χ0v) is 15.9. The van der Waals surface area contributed by atoms with E-state index in [4.69, 9.17) is 4.74 Å². The highest BCUT2D eigenvalue weighted by Gasteiger charge is 2.10. The Morgan fingerprint density at radius 3 is 2.58 bits per heavy atom. The van der Waals surface area contributed by atoms with E-state index in [1.54, 1.807) is 17.8 Å². The first-order valence-corrected chi connectivity index (χ1v) is 10.0. The molecule has 0 spiro atoms. The van der Waals surface area contributed by atoms with Gasteiger partial charge in [-0.25, -0.2) is 0 Å². The molecule has 0 amide bonds. The largest absolute Gasteiger partial charge is 0.755 e. The lowest BCUT2D eigenvalue weighted by atomic mass is 10.0. The van der Waals surface area contributed by atoms with Crippen molar-refractivity contribution in [3.05, 3.63) is 47.5 Å². The van der Waals surface area contributed by atoms with Gasteiger partial charge in [-0.05, 0) is 73.0 Å². The van der Waals surface area contributed by atoms with Gasteiger partial charge in [0.1, 0.15) is 11.5 Å². The first kappa shape index (κ1) is 18.8.